The van der Waals surface area contributed by atoms with Crippen LogP contribution < -0.4 is 0 Å². The number of hydrogen-bond acceptors (Lipinski definition) is 1. The minimum absolute atomic E-state index is 0.473. The van der Waals surface area contributed by atoms with Gasteiger partial charge in [-0.1, -0.05) is 58.5 Å². The van der Waals surface area contributed by atoms with Crippen LogP contribution in [0.25, 0.3) is 6.08 Å². The zero-order chi connectivity index (χ0) is 11.8. The second-order valence-corrected chi connectivity index (χ2v) is 3.30. The first-order chi connectivity index (χ1) is 7.20. The Morgan fingerprint density at radius 3 is 2.27 bits per heavy atom. The first-order valence-corrected chi connectivity index (χ1v) is 5.42. The fraction of sp³-hybridized carbons (Fsp3) is 0.357. The average molecular weight is 203 g/mol. The van der Waals surface area contributed by atoms with Crippen LogP contribution in [0.15, 0.2) is 29.8 Å². The monoisotopic (exact) mass is 203 g/mol. The molecule has 0 saturated heterocycles. The van der Waals surface area contributed by atoms with E-state index in [1.807, 2.05) is 32.1 Å². The lowest BCUT2D eigenvalue weighted by molar-refractivity contribution is 0.867. The summed E-state index contributed by atoms with van der Waals surface area (Å²) in [4.78, 5) is 4.04. The lowest BCUT2D eigenvalue weighted by atomic mass is 9.98. The molecule has 0 radical (unpaired) electrons. The Balaban J connectivity index is 0.000000921. The van der Waals surface area contributed by atoms with Crippen molar-refractivity contribution in [3.8, 4) is 0 Å². The summed E-state index contributed by atoms with van der Waals surface area (Å²) in [6.07, 6.45) is 1.82. The van der Waals surface area contributed by atoms with Gasteiger partial charge in [0.05, 0.1) is 5.69 Å². The van der Waals surface area contributed by atoms with Gasteiger partial charge >= 0.3 is 0 Å². The number of rotatable bonds is 3. The molecule has 0 unspecified atom stereocenters. The normalized spacial score (nSPS) is 9.13. The fourth-order valence-electron chi connectivity index (χ4n) is 1.39. The molecule has 0 aliphatic heterocycles. The Labute approximate surface area is 93.6 Å². The first kappa shape index (κ1) is 13.6. The highest BCUT2D eigenvalue weighted by Gasteiger charge is 2.07. The summed E-state index contributed by atoms with van der Waals surface area (Å²) in [7, 11) is 0. The Morgan fingerprint density at radius 1 is 1.27 bits per heavy atom. The molecule has 82 valence electrons. The number of hydrogen-bond donors (Lipinski definition) is 0. The largest absolute Gasteiger partial charge is 0.264 e. The smallest absolute Gasteiger partial charge is 0.0729 e. The molecule has 1 aromatic rings. The Kier molecular flexibility index (Phi) is 6.35. The van der Waals surface area contributed by atoms with E-state index in [-0.39, 0.29) is 0 Å². The molecule has 1 rings (SSSR count). The van der Waals surface area contributed by atoms with Crippen LogP contribution in [-0.2, 0) is 0 Å². The van der Waals surface area contributed by atoms with Crippen LogP contribution in [0.3, 0.4) is 0 Å². The van der Waals surface area contributed by atoms with Crippen molar-refractivity contribution in [3.05, 3.63) is 35.9 Å². The number of nitrogens with zero attached hydrogens (tertiary/aromatic N) is 1. The molecule has 0 aromatic heterocycles. The van der Waals surface area contributed by atoms with Gasteiger partial charge in [0.2, 0.25) is 0 Å². The van der Waals surface area contributed by atoms with Gasteiger partial charge in [0.15, 0.2) is 0 Å². The number of para-hydroxylation sites is 1. The molecular weight excluding hydrogens is 182 g/mol. The first-order valence-electron chi connectivity index (χ1n) is 5.42. The molecule has 1 nitrogen and oxygen atoms in total. The predicted molar refractivity (Wildman–Crippen MR) is 71.2 cm³/mol. The van der Waals surface area contributed by atoms with E-state index in [0.29, 0.717) is 5.92 Å². The minimum Gasteiger partial charge on any atom is -0.264 e. The molecular formula is C14H21N. The maximum absolute atomic E-state index is 4.04. The van der Waals surface area contributed by atoms with Crippen LogP contribution in [0.2, 0.25) is 0 Å². The van der Waals surface area contributed by atoms with Crippen LogP contribution in [0.5, 0.6) is 0 Å². The summed E-state index contributed by atoms with van der Waals surface area (Å²) in [5.41, 5.74) is 3.25. The summed E-state index contributed by atoms with van der Waals surface area (Å²) in [5.74, 6) is 0.473. The maximum atomic E-state index is 4.04. The molecule has 0 amide bonds. The molecule has 0 spiro atoms. The van der Waals surface area contributed by atoms with E-state index in [9.17, 15) is 0 Å². The van der Waals surface area contributed by atoms with Gasteiger partial charge in [-0.15, -0.1) is 0 Å². The van der Waals surface area contributed by atoms with Crippen LogP contribution in [0.4, 0.5) is 5.69 Å². The van der Waals surface area contributed by atoms with Crippen molar-refractivity contribution in [2.24, 2.45) is 4.99 Å². The third-order valence-corrected chi connectivity index (χ3v) is 2.10. The van der Waals surface area contributed by atoms with Crippen molar-refractivity contribution in [2.45, 2.75) is 33.6 Å². The SMILES string of the molecule is C=Cc1cccc(C(C)C)c1N=C.CC. The van der Waals surface area contributed by atoms with E-state index in [2.05, 4.69) is 38.2 Å². The Bertz CT molecular complexity index is 324. The highest BCUT2D eigenvalue weighted by Crippen LogP contribution is 2.30. The topological polar surface area (TPSA) is 12.4 Å². The van der Waals surface area contributed by atoms with E-state index in [1.165, 1.54) is 5.56 Å². The van der Waals surface area contributed by atoms with Crippen molar-refractivity contribution in [2.75, 3.05) is 0 Å². The molecule has 15 heavy (non-hydrogen) atoms. The van der Waals surface area contributed by atoms with Crippen molar-refractivity contribution >= 4 is 18.5 Å². The zero-order valence-electron chi connectivity index (χ0n) is 10.2. The summed E-state index contributed by atoms with van der Waals surface area (Å²) >= 11 is 0. The molecule has 1 heteroatoms. The standard InChI is InChI=1S/C12H15N.C2H6/c1-5-10-7-6-8-11(9(2)3)12(10)13-4;1-2/h5-9H,1,4H2,2-3H3;1-2H3. The van der Waals surface area contributed by atoms with Gasteiger partial charge in [-0.05, 0) is 23.8 Å². The molecule has 0 fully saturated rings. The Morgan fingerprint density at radius 2 is 1.87 bits per heavy atom. The molecule has 0 N–H and O–H groups in total. The van der Waals surface area contributed by atoms with Gasteiger partial charge in [-0.3, -0.25) is 4.99 Å². The average Bonchev–Trinajstić information content (AvgIpc) is 2.30. The van der Waals surface area contributed by atoms with Gasteiger partial charge in [0.1, 0.15) is 0 Å². The van der Waals surface area contributed by atoms with E-state index in [4.69, 9.17) is 0 Å². The van der Waals surface area contributed by atoms with Crippen molar-refractivity contribution < 1.29 is 0 Å². The molecule has 0 bridgehead atoms. The summed E-state index contributed by atoms with van der Waals surface area (Å²) in [6, 6.07) is 6.12. The van der Waals surface area contributed by atoms with Gasteiger partial charge in [0.25, 0.3) is 0 Å². The van der Waals surface area contributed by atoms with Gasteiger partial charge < -0.3 is 0 Å². The predicted octanol–water partition coefficient (Wildman–Crippen LogP) is 4.81. The maximum Gasteiger partial charge on any atom is 0.0729 e. The molecule has 0 atom stereocenters. The minimum atomic E-state index is 0.473. The number of aliphatic imine (C=N–C) groups is 1. The van der Waals surface area contributed by atoms with E-state index in [1.54, 1.807) is 0 Å². The Hall–Kier alpha value is -1.37. The van der Waals surface area contributed by atoms with Crippen molar-refractivity contribution in [3.63, 3.8) is 0 Å². The summed E-state index contributed by atoms with van der Waals surface area (Å²) in [5, 5.41) is 0. The number of benzene rings is 1. The van der Waals surface area contributed by atoms with Gasteiger partial charge in [-0.2, -0.15) is 0 Å². The van der Waals surface area contributed by atoms with Crippen LogP contribution >= 0.6 is 0 Å². The van der Waals surface area contributed by atoms with Crippen LogP contribution in [0, 0.1) is 0 Å². The lowest BCUT2D eigenvalue weighted by Gasteiger charge is -2.10. The third-order valence-electron chi connectivity index (χ3n) is 2.10. The molecule has 0 aliphatic rings. The van der Waals surface area contributed by atoms with Crippen molar-refractivity contribution in [1.29, 1.82) is 0 Å². The molecule has 1 aromatic carbocycles. The quantitative estimate of drug-likeness (QED) is 0.625. The van der Waals surface area contributed by atoms with Crippen LogP contribution in [0.1, 0.15) is 44.7 Å². The second-order valence-electron chi connectivity index (χ2n) is 3.30. The summed E-state index contributed by atoms with van der Waals surface area (Å²) in [6.45, 7) is 15.6. The zero-order valence-corrected chi connectivity index (χ0v) is 10.2. The lowest BCUT2D eigenvalue weighted by Crippen LogP contribution is -1.89. The van der Waals surface area contributed by atoms with Gasteiger partial charge in [0, 0.05) is 0 Å². The van der Waals surface area contributed by atoms with Gasteiger partial charge in [-0.25, -0.2) is 0 Å². The van der Waals surface area contributed by atoms with E-state index in [0.717, 1.165) is 11.3 Å². The van der Waals surface area contributed by atoms with E-state index >= 15 is 0 Å². The second kappa shape index (κ2) is 6.99. The van der Waals surface area contributed by atoms with Crippen molar-refractivity contribution in [1.82, 2.24) is 0 Å². The third kappa shape index (κ3) is 3.35. The fourth-order valence-corrected chi connectivity index (χ4v) is 1.39. The van der Waals surface area contributed by atoms with E-state index < -0.39 is 0 Å². The molecule has 0 heterocycles. The molecule has 0 saturated carbocycles. The highest BCUT2D eigenvalue weighted by molar-refractivity contribution is 5.68. The molecule has 0 aliphatic carbocycles. The summed E-state index contributed by atoms with van der Waals surface area (Å²) < 4.78 is 0. The highest BCUT2D eigenvalue weighted by atomic mass is 14.7. The van der Waals surface area contributed by atoms with Crippen LogP contribution in [-0.4, -0.2) is 6.72 Å².